The quantitative estimate of drug-likeness (QED) is 0.813. The maximum Gasteiger partial charge on any atom is 0.193 e. The smallest absolute Gasteiger partial charge is 0.193 e. The summed E-state index contributed by atoms with van der Waals surface area (Å²) in [6.07, 6.45) is 2.83. The highest BCUT2D eigenvalue weighted by molar-refractivity contribution is 8.03. The Morgan fingerprint density at radius 3 is 2.86 bits per heavy atom. The highest BCUT2D eigenvalue weighted by Crippen LogP contribution is 2.52. The molecule has 1 unspecified atom stereocenters. The highest BCUT2D eigenvalue weighted by atomic mass is 35.5. The molecule has 0 bridgehead atoms. The van der Waals surface area contributed by atoms with Crippen LogP contribution in [-0.2, 0) is 4.79 Å². The summed E-state index contributed by atoms with van der Waals surface area (Å²) in [6, 6.07) is 3.67. The first-order chi connectivity index (χ1) is 10.5. The predicted octanol–water partition coefficient (Wildman–Crippen LogP) is 4.61. The molecule has 0 aromatic carbocycles. The third-order valence-corrected chi connectivity index (χ3v) is 6.23. The van der Waals surface area contributed by atoms with E-state index in [1.807, 2.05) is 31.7 Å². The zero-order valence-corrected chi connectivity index (χ0v) is 14.2. The number of hydrogen-bond acceptors (Lipinski definition) is 4. The summed E-state index contributed by atoms with van der Waals surface area (Å²) in [5, 5.41) is 3.91. The molecule has 3 aliphatic rings. The molecule has 0 saturated carbocycles. The molecule has 116 valence electrons. The van der Waals surface area contributed by atoms with Crippen LogP contribution in [0.2, 0.25) is 5.22 Å². The molecule has 1 aromatic heterocycles. The Labute approximate surface area is 139 Å². The molecular formula is C17H18ClNO2S. The summed E-state index contributed by atoms with van der Waals surface area (Å²) >= 11 is 7.81. The van der Waals surface area contributed by atoms with E-state index in [0.717, 1.165) is 42.0 Å². The van der Waals surface area contributed by atoms with E-state index in [1.54, 1.807) is 6.07 Å². The van der Waals surface area contributed by atoms with Gasteiger partial charge in [0.25, 0.3) is 0 Å². The van der Waals surface area contributed by atoms with E-state index in [4.69, 9.17) is 16.0 Å². The molecule has 1 N–H and O–H groups in total. The third kappa shape index (κ3) is 2.08. The van der Waals surface area contributed by atoms with E-state index in [9.17, 15) is 4.79 Å². The summed E-state index contributed by atoms with van der Waals surface area (Å²) in [5.74, 6) is 1.99. The second-order valence-corrected chi connectivity index (χ2v) is 8.26. The molecule has 22 heavy (non-hydrogen) atoms. The number of carbonyl (C=O) groups is 1. The summed E-state index contributed by atoms with van der Waals surface area (Å²) in [6.45, 7) is 4.08. The number of thioether (sulfide) groups is 1. The van der Waals surface area contributed by atoms with Crippen LogP contribution in [0.4, 0.5) is 0 Å². The van der Waals surface area contributed by atoms with Crippen molar-refractivity contribution >= 4 is 29.1 Å². The first-order valence-corrected chi connectivity index (χ1v) is 9.00. The van der Waals surface area contributed by atoms with Gasteiger partial charge in [-0.05, 0) is 43.0 Å². The van der Waals surface area contributed by atoms with E-state index in [-0.39, 0.29) is 17.1 Å². The van der Waals surface area contributed by atoms with E-state index in [0.29, 0.717) is 5.22 Å². The standard InChI is InChI=1S/C17H18ClNO2S/c1-17(2)7-5-9-13(16(17)20)14(11-3-4-12(18)21-11)15-10(19-9)6-8-22-15/h3-4,14,19H,5-8H2,1-2H3. The molecule has 3 nitrogen and oxygen atoms in total. The Morgan fingerprint density at radius 2 is 2.14 bits per heavy atom. The van der Waals surface area contributed by atoms with Crippen LogP contribution in [0.1, 0.15) is 44.8 Å². The number of Topliss-reactive ketones (excluding diaryl/α,β-unsaturated/α-hetero) is 1. The van der Waals surface area contributed by atoms with Crippen molar-refractivity contribution in [2.75, 3.05) is 5.75 Å². The van der Waals surface area contributed by atoms with Gasteiger partial charge in [-0.25, -0.2) is 0 Å². The number of ketones is 1. The van der Waals surface area contributed by atoms with Crippen LogP contribution in [0.25, 0.3) is 0 Å². The number of dihydropyridines is 1. The lowest BCUT2D eigenvalue weighted by atomic mass is 9.70. The van der Waals surface area contributed by atoms with Gasteiger partial charge in [-0.2, -0.15) is 0 Å². The van der Waals surface area contributed by atoms with Crippen molar-refractivity contribution in [3.05, 3.63) is 45.0 Å². The number of carbonyl (C=O) groups excluding carboxylic acids is 1. The van der Waals surface area contributed by atoms with Gasteiger partial charge in [-0.15, -0.1) is 11.8 Å². The van der Waals surface area contributed by atoms with E-state index in [2.05, 4.69) is 5.32 Å². The van der Waals surface area contributed by atoms with Gasteiger partial charge in [0, 0.05) is 33.0 Å². The fraction of sp³-hybridized carbons (Fsp3) is 0.471. The van der Waals surface area contributed by atoms with Crippen molar-refractivity contribution in [1.29, 1.82) is 0 Å². The number of allylic oxidation sites excluding steroid dienone is 4. The van der Waals surface area contributed by atoms with Gasteiger partial charge in [0.1, 0.15) is 5.76 Å². The average Bonchev–Trinajstić information content (AvgIpc) is 3.10. The van der Waals surface area contributed by atoms with Crippen molar-refractivity contribution in [1.82, 2.24) is 5.32 Å². The Kier molecular flexibility index (Phi) is 3.24. The topological polar surface area (TPSA) is 42.2 Å². The number of halogens is 1. The van der Waals surface area contributed by atoms with Gasteiger partial charge in [-0.3, -0.25) is 4.79 Å². The number of hydrogen-bond donors (Lipinski definition) is 1. The van der Waals surface area contributed by atoms with Crippen molar-refractivity contribution in [3.63, 3.8) is 0 Å². The van der Waals surface area contributed by atoms with Crippen LogP contribution in [0, 0.1) is 5.41 Å². The molecule has 3 heterocycles. The normalized spacial score (nSPS) is 26.9. The zero-order valence-electron chi connectivity index (χ0n) is 12.7. The van der Waals surface area contributed by atoms with Gasteiger partial charge in [0.15, 0.2) is 11.0 Å². The summed E-state index contributed by atoms with van der Waals surface area (Å²) < 4.78 is 5.70. The molecular weight excluding hydrogens is 318 g/mol. The summed E-state index contributed by atoms with van der Waals surface area (Å²) in [5.41, 5.74) is 2.92. The summed E-state index contributed by atoms with van der Waals surface area (Å²) in [7, 11) is 0. The van der Waals surface area contributed by atoms with Gasteiger partial charge in [0.2, 0.25) is 0 Å². The second-order valence-electron chi connectivity index (χ2n) is 6.75. The average molecular weight is 336 g/mol. The molecule has 0 fully saturated rings. The van der Waals surface area contributed by atoms with Crippen molar-refractivity contribution in [3.8, 4) is 0 Å². The van der Waals surface area contributed by atoms with Gasteiger partial charge < -0.3 is 9.73 Å². The number of nitrogens with one attached hydrogen (secondary N) is 1. The van der Waals surface area contributed by atoms with Crippen LogP contribution in [0.15, 0.2) is 38.4 Å². The lowest BCUT2D eigenvalue weighted by Crippen LogP contribution is -2.38. The predicted molar refractivity (Wildman–Crippen MR) is 88.7 cm³/mol. The highest BCUT2D eigenvalue weighted by Gasteiger charge is 2.45. The van der Waals surface area contributed by atoms with Crippen LogP contribution < -0.4 is 5.32 Å². The maximum absolute atomic E-state index is 13.1. The van der Waals surface area contributed by atoms with Crippen molar-refractivity contribution < 1.29 is 9.21 Å². The van der Waals surface area contributed by atoms with Gasteiger partial charge in [-0.1, -0.05) is 13.8 Å². The molecule has 0 spiro atoms. The minimum absolute atomic E-state index is 0.0849. The van der Waals surface area contributed by atoms with Crippen molar-refractivity contribution in [2.45, 2.75) is 39.0 Å². The van der Waals surface area contributed by atoms with Crippen LogP contribution in [0.5, 0.6) is 0 Å². The monoisotopic (exact) mass is 335 g/mol. The molecule has 4 rings (SSSR count). The van der Waals surface area contributed by atoms with E-state index >= 15 is 0 Å². The fourth-order valence-electron chi connectivity index (χ4n) is 3.55. The molecule has 1 atom stereocenters. The van der Waals surface area contributed by atoms with Crippen LogP contribution >= 0.6 is 23.4 Å². The third-order valence-electron chi connectivity index (χ3n) is 4.82. The molecule has 1 aliphatic carbocycles. The zero-order chi connectivity index (χ0) is 15.5. The molecule has 1 aromatic rings. The van der Waals surface area contributed by atoms with E-state index < -0.39 is 0 Å². The Hall–Kier alpha value is -1.13. The largest absolute Gasteiger partial charge is 0.449 e. The molecule has 2 aliphatic heterocycles. The fourth-order valence-corrected chi connectivity index (χ4v) is 4.95. The molecule has 0 saturated heterocycles. The minimum atomic E-state index is -0.309. The molecule has 0 radical (unpaired) electrons. The van der Waals surface area contributed by atoms with Crippen LogP contribution in [0.3, 0.4) is 0 Å². The van der Waals surface area contributed by atoms with Gasteiger partial charge >= 0.3 is 0 Å². The lowest BCUT2D eigenvalue weighted by Gasteiger charge is -2.38. The van der Waals surface area contributed by atoms with E-state index in [1.165, 1.54) is 10.6 Å². The van der Waals surface area contributed by atoms with Gasteiger partial charge in [0.05, 0.1) is 5.92 Å². The Morgan fingerprint density at radius 1 is 1.32 bits per heavy atom. The maximum atomic E-state index is 13.1. The van der Waals surface area contributed by atoms with Crippen molar-refractivity contribution in [2.24, 2.45) is 5.41 Å². The molecule has 0 amide bonds. The minimum Gasteiger partial charge on any atom is -0.449 e. The second kappa shape index (κ2) is 4.93. The lowest BCUT2D eigenvalue weighted by molar-refractivity contribution is -0.124. The summed E-state index contributed by atoms with van der Waals surface area (Å²) in [4.78, 5) is 14.3. The molecule has 5 heteroatoms. The first-order valence-electron chi connectivity index (χ1n) is 7.63. The Balaban J connectivity index is 1.87. The first kappa shape index (κ1) is 14.5. The number of furan rings is 1. The number of rotatable bonds is 1. The SMILES string of the molecule is CC1(C)CCC2=C(C1=O)C(c1ccc(Cl)o1)C1=C(CCS1)N2. The van der Waals surface area contributed by atoms with Crippen LogP contribution in [-0.4, -0.2) is 11.5 Å². The Bertz CT molecular complexity index is 729.